The maximum absolute atomic E-state index is 5.15. The molecule has 0 aliphatic carbocycles. The summed E-state index contributed by atoms with van der Waals surface area (Å²) in [6.07, 6.45) is 8.36. The Hall–Kier alpha value is -2.36. The summed E-state index contributed by atoms with van der Waals surface area (Å²) in [6.45, 7) is 2.12. The van der Waals surface area contributed by atoms with Crippen LogP contribution in [0.3, 0.4) is 0 Å². The van der Waals surface area contributed by atoms with Crippen molar-refractivity contribution in [1.29, 1.82) is 0 Å². The van der Waals surface area contributed by atoms with E-state index in [-0.39, 0.29) is 0 Å². The van der Waals surface area contributed by atoms with E-state index in [2.05, 4.69) is 20.9 Å². The predicted molar refractivity (Wildman–Crippen MR) is 85.4 cm³/mol. The van der Waals surface area contributed by atoms with E-state index in [4.69, 9.17) is 4.74 Å². The SMILES string of the molecule is COc1ccc(/C=C/c2ccnc(N3CCCC3)n2)cc1. The lowest BCUT2D eigenvalue weighted by atomic mass is 10.2. The first kappa shape index (κ1) is 13.6. The van der Waals surface area contributed by atoms with Gasteiger partial charge in [-0.15, -0.1) is 0 Å². The highest BCUT2D eigenvalue weighted by Gasteiger charge is 2.14. The van der Waals surface area contributed by atoms with Crippen LogP contribution in [0.4, 0.5) is 5.95 Å². The second kappa shape index (κ2) is 6.39. The summed E-state index contributed by atoms with van der Waals surface area (Å²) in [6, 6.07) is 9.89. The zero-order valence-electron chi connectivity index (χ0n) is 12.2. The molecule has 3 rings (SSSR count). The van der Waals surface area contributed by atoms with Gasteiger partial charge in [0.2, 0.25) is 5.95 Å². The maximum atomic E-state index is 5.15. The van der Waals surface area contributed by atoms with Crippen LogP contribution in [0.15, 0.2) is 36.5 Å². The van der Waals surface area contributed by atoms with E-state index in [1.165, 1.54) is 12.8 Å². The smallest absolute Gasteiger partial charge is 0.225 e. The van der Waals surface area contributed by atoms with Crippen LogP contribution in [0, 0.1) is 0 Å². The molecule has 0 radical (unpaired) electrons. The second-order valence-electron chi connectivity index (χ2n) is 5.08. The molecule has 0 amide bonds. The molecule has 4 nitrogen and oxygen atoms in total. The predicted octanol–water partition coefficient (Wildman–Crippen LogP) is 3.26. The Balaban J connectivity index is 1.74. The van der Waals surface area contributed by atoms with Gasteiger partial charge in [-0.2, -0.15) is 0 Å². The van der Waals surface area contributed by atoms with Crippen molar-refractivity contribution in [2.45, 2.75) is 12.8 Å². The van der Waals surface area contributed by atoms with Crippen molar-refractivity contribution < 1.29 is 4.74 Å². The monoisotopic (exact) mass is 281 g/mol. The number of methoxy groups -OCH3 is 1. The van der Waals surface area contributed by atoms with E-state index in [1.807, 2.05) is 42.6 Å². The molecule has 108 valence electrons. The third-order valence-electron chi connectivity index (χ3n) is 3.62. The number of aromatic nitrogens is 2. The normalized spacial score (nSPS) is 14.8. The fourth-order valence-corrected chi connectivity index (χ4v) is 2.42. The number of nitrogens with zero attached hydrogens (tertiary/aromatic N) is 3. The Labute approximate surface area is 125 Å². The fourth-order valence-electron chi connectivity index (χ4n) is 2.42. The number of hydrogen-bond donors (Lipinski definition) is 0. The minimum absolute atomic E-state index is 0.837. The molecule has 2 aromatic rings. The zero-order valence-corrected chi connectivity index (χ0v) is 12.2. The topological polar surface area (TPSA) is 38.2 Å². The lowest BCUT2D eigenvalue weighted by Crippen LogP contribution is -2.20. The van der Waals surface area contributed by atoms with Gasteiger partial charge in [-0.3, -0.25) is 0 Å². The van der Waals surface area contributed by atoms with Crippen LogP contribution in [0.25, 0.3) is 12.2 Å². The Morgan fingerprint density at radius 1 is 1.05 bits per heavy atom. The molecule has 0 bridgehead atoms. The van der Waals surface area contributed by atoms with Gasteiger partial charge in [-0.05, 0) is 42.7 Å². The molecule has 1 aliphatic heterocycles. The maximum Gasteiger partial charge on any atom is 0.225 e. The minimum atomic E-state index is 0.837. The molecule has 1 aromatic heterocycles. The highest BCUT2D eigenvalue weighted by Crippen LogP contribution is 2.17. The van der Waals surface area contributed by atoms with Gasteiger partial charge in [0.05, 0.1) is 12.8 Å². The summed E-state index contributed by atoms with van der Waals surface area (Å²) in [4.78, 5) is 11.2. The molecule has 4 heteroatoms. The first-order chi connectivity index (χ1) is 10.3. The van der Waals surface area contributed by atoms with Crippen molar-refractivity contribution in [2.24, 2.45) is 0 Å². The standard InChI is InChI=1S/C17H19N3O/c1-21-16-8-5-14(6-9-16)4-7-15-10-11-18-17(19-15)20-12-2-3-13-20/h4-11H,2-3,12-13H2,1H3/b7-4+. The van der Waals surface area contributed by atoms with Crippen LogP contribution in [-0.2, 0) is 0 Å². The van der Waals surface area contributed by atoms with Gasteiger partial charge in [-0.1, -0.05) is 18.2 Å². The quantitative estimate of drug-likeness (QED) is 0.862. The Morgan fingerprint density at radius 3 is 2.52 bits per heavy atom. The van der Waals surface area contributed by atoms with E-state index < -0.39 is 0 Å². The average molecular weight is 281 g/mol. The van der Waals surface area contributed by atoms with E-state index in [1.54, 1.807) is 7.11 Å². The highest BCUT2D eigenvalue weighted by atomic mass is 16.5. The lowest BCUT2D eigenvalue weighted by Gasteiger charge is -2.14. The minimum Gasteiger partial charge on any atom is -0.497 e. The van der Waals surface area contributed by atoms with Gasteiger partial charge in [0.1, 0.15) is 5.75 Å². The number of benzene rings is 1. The van der Waals surface area contributed by atoms with Crippen LogP contribution in [0.5, 0.6) is 5.75 Å². The third-order valence-corrected chi connectivity index (χ3v) is 3.62. The van der Waals surface area contributed by atoms with E-state index in [0.717, 1.165) is 36.0 Å². The van der Waals surface area contributed by atoms with Gasteiger partial charge in [0.25, 0.3) is 0 Å². The van der Waals surface area contributed by atoms with Gasteiger partial charge in [0.15, 0.2) is 0 Å². The Kier molecular flexibility index (Phi) is 4.15. The summed E-state index contributed by atoms with van der Waals surface area (Å²) in [5, 5.41) is 0. The van der Waals surface area contributed by atoms with E-state index >= 15 is 0 Å². The van der Waals surface area contributed by atoms with Crippen LogP contribution in [-0.4, -0.2) is 30.2 Å². The number of hydrogen-bond acceptors (Lipinski definition) is 4. The molecule has 1 saturated heterocycles. The zero-order chi connectivity index (χ0) is 14.5. The Morgan fingerprint density at radius 2 is 1.81 bits per heavy atom. The molecular weight excluding hydrogens is 262 g/mol. The van der Waals surface area contributed by atoms with Crippen molar-refractivity contribution in [3.05, 3.63) is 47.8 Å². The molecule has 2 heterocycles. The lowest BCUT2D eigenvalue weighted by molar-refractivity contribution is 0.415. The van der Waals surface area contributed by atoms with Crippen molar-refractivity contribution in [2.75, 3.05) is 25.1 Å². The van der Waals surface area contributed by atoms with Gasteiger partial charge >= 0.3 is 0 Å². The number of anilines is 1. The van der Waals surface area contributed by atoms with Crippen LogP contribution in [0.2, 0.25) is 0 Å². The third kappa shape index (κ3) is 3.40. The number of rotatable bonds is 4. The second-order valence-corrected chi connectivity index (χ2v) is 5.08. The molecule has 0 atom stereocenters. The molecule has 0 unspecified atom stereocenters. The van der Waals surface area contributed by atoms with Crippen LogP contribution in [0.1, 0.15) is 24.1 Å². The van der Waals surface area contributed by atoms with E-state index in [0.29, 0.717) is 0 Å². The Bertz CT molecular complexity index is 616. The molecule has 1 aromatic carbocycles. The summed E-state index contributed by atoms with van der Waals surface area (Å²) in [5.74, 6) is 1.70. The van der Waals surface area contributed by atoms with E-state index in [9.17, 15) is 0 Å². The molecule has 0 N–H and O–H groups in total. The molecule has 1 fully saturated rings. The summed E-state index contributed by atoms with van der Waals surface area (Å²) in [5.41, 5.74) is 2.06. The average Bonchev–Trinajstić information content (AvgIpc) is 3.08. The van der Waals surface area contributed by atoms with Gasteiger partial charge in [0, 0.05) is 19.3 Å². The molecule has 0 spiro atoms. The van der Waals surface area contributed by atoms with Gasteiger partial charge in [-0.25, -0.2) is 9.97 Å². The first-order valence-electron chi connectivity index (χ1n) is 7.25. The van der Waals surface area contributed by atoms with Crippen molar-refractivity contribution in [1.82, 2.24) is 9.97 Å². The molecule has 21 heavy (non-hydrogen) atoms. The summed E-state index contributed by atoms with van der Waals surface area (Å²) >= 11 is 0. The van der Waals surface area contributed by atoms with Crippen molar-refractivity contribution in [3.8, 4) is 5.75 Å². The first-order valence-corrected chi connectivity index (χ1v) is 7.25. The summed E-state index contributed by atoms with van der Waals surface area (Å²) in [7, 11) is 1.67. The van der Waals surface area contributed by atoms with Gasteiger partial charge < -0.3 is 9.64 Å². The molecule has 0 saturated carbocycles. The molecule has 1 aliphatic rings. The molecular formula is C17H19N3O. The van der Waals surface area contributed by atoms with Crippen molar-refractivity contribution >= 4 is 18.1 Å². The van der Waals surface area contributed by atoms with Crippen LogP contribution >= 0.6 is 0 Å². The fraction of sp³-hybridized carbons (Fsp3) is 0.294. The largest absolute Gasteiger partial charge is 0.497 e. The highest BCUT2D eigenvalue weighted by molar-refractivity contribution is 5.68. The van der Waals surface area contributed by atoms with Crippen LogP contribution < -0.4 is 9.64 Å². The van der Waals surface area contributed by atoms with Crippen molar-refractivity contribution in [3.63, 3.8) is 0 Å². The summed E-state index contributed by atoms with van der Waals surface area (Å²) < 4.78 is 5.15. The number of ether oxygens (including phenoxy) is 1.